The normalized spacial score (nSPS) is 13.0. The Kier molecular flexibility index (Phi) is 3.72. The Bertz CT molecular complexity index is 885. The van der Waals surface area contributed by atoms with Crippen molar-refractivity contribution >= 4 is 40.6 Å². The van der Waals surface area contributed by atoms with E-state index in [0.717, 1.165) is 41.3 Å². The van der Waals surface area contributed by atoms with Gasteiger partial charge in [-0.15, -0.1) is 0 Å². The van der Waals surface area contributed by atoms with Crippen LogP contribution in [0.15, 0.2) is 42.5 Å². The van der Waals surface area contributed by atoms with Crippen molar-refractivity contribution < 1.29 is 0 Å². The molecule has 0 atom stereocenters. The third kappa shape index (κ3) is 2.59. The second-order valence-corrected chi connectivity index (χ2v) is 6.65. The Balaban J connectivity index is 1.91. The number of fused-ring (bicyclic) bond motifs is 1. The highest BCUT2D eigenvalue weighted by molar-refractivity contribution is 6.35. The maximum Gasteiger partial charge on any atom is 0.133 e. The first-order valence-corrected chi connectivity index (χ1v) is 8.34. The molecule has 1 aliphatic heterocycles. The fraction of sp³-hybridized carbons (Fsp3) is 0.118. The van der Waals surface area contributed by atoms with Gasteiger partial charge in [0.2, 0.25) is 0 Å². The van der Waals surface area contributed by atoms with Gasteiger partial charge in [-0.05, 0) is 48.9 Å². The van der Waals surface area contributed by atoms with Crippen LogP contribution in [0.25, 0.3) is 16.9 Å². The number of halogens is 3. The third-order valence-electron chi connectivity index (χ3n) is 3.91. The maximum atomic E-state index is 6.36. The highest BCUT2D eigenvalue weighted by atomic mass is 35.5. The second-order valence-electron chi connectivity index (χ2n) is 5.36. The highest BCUT2D eigenvalue weighted by Gasteiger charge is 2.25. The minimum absolute atomic E-state index is 0.643. The van der Waals surface area contributed by atoms with E-state index in [2.05, 4.69) is 5.32 Å². The molecule has 3 aromatic rings. The Labute approximate surface area is 148 Å². The van der Waals surface area contributed by atoms with Crippen molar-refractivity contribution in [3.05, 3.63) is 63.1 Å². The summed E-state index contributed by atoms with van der Waals surface area (Å²) in [7, 11) is 0. The van der Waals surface area contributed by atoms with Crippen LogP contribution in [0.5, 0.6) is 0 Å². The van der Waals surface area contributed by atoms with Crippen molar-refractivity contribution in [3.8, 4) is 16.9 Å². The van der Waals surface area contributed by atoms with Crippen LogP contribution in [0.3, 0.4) is 0 Å². The van der Waals surface area contributed by atoms with Gasteiger partial charge in [0.05, 0.1) is 16.4 Å². The van der Waals surface area contributed by atoms with Crippen LogP contribution in [-0.4, -0.2) is 16.3 Å². The largest absolute Gasteiger partial charge is 0.369 e. The molecule has 6 heteroatoms. The molecule has 0 fully saturated rings. The summed E-state index contributed by atoms with van der Waals surface area (Å²) in [6.45, 7) is 0.881. The molecule has 2 heterocycles. The summed E-state index contributed by atoms with van der Waals surface area (Å²) in [5, 5.41) is 10.2. The molecule has 2 aromatic carbocycles. The Morgan fingerprint density at radius 3 is 2.48 bits per heavy atom. The van der Waals surface area contributed by atoms with E-state index in [0.29, 0.717) is 15.1 Å². The number of rotatable bonds is 2. The van der Waals surface area contributed by atoms with Crippen LogP contribution in [0, 0.1) is 0 Å². The molecule has 0 unspecified atom stereocenters. The van der Waals surface area contributed by atoms with Gasteiger partial charge in [0.1, 0.15) is 5.82 Å². The van der Waals surface area contributed by atoms with Gasteiger partial charge in [0, 0.05) is 27.7 Å². The minimum atomic E-state index is 0.643. The fourth-order valence-corrected chi connectivity index (χ4v) is 3.34. The molecule has 0 aliphatic carbocycles. The summed E-state index contributed by atoms with van der Waals surface area (Å²) in [4.78, 5) is 0. The Morgan fingerprint density at radius 1 is 0.957 bits per heavy atom. The average molecular weight is 365 g/mol. The molecule has 0 saturated heterocycles. The molecule has 1 N–H and O–H groups in total. The summed E-state index contributed by atoms with van der Waals surface area (Å²) >= 11 is 18.5. The summed E-state index contributed by atoms with van der Waals surface area (Å²) in [6, 6.07) is 13.0. The van der Waals surface area contributed by atoms with Crippen LogP contribution in [-0.2, 0) is 6.42 Å². The molecule has 4 rings (SSSR count). The summed E-state index contributed by atoms with van der Waals surface area (Å²) < 4.78 is 1.89. The van der Waals surface area contributed by atoms with Crippen molar-refractivity contribution in [2.24, 2.45) is 0 Å². The Morgan fingerprint density at radius 2 is 1.70 bits per heavy atom. The van der Waals surface area contributed by atoms with Gasteiger partial charge in [-0.1, -0.05) is 34.8 Å². The number of nitrogens with one attached hydrogen (secondary N) is 1. The van der Waals surface area contributed by atoms with Crippen molar-refractivity contribution in [2.45, 2.75) is 6.42 Å². The van der Waals surface area contributed by atoms with E-state index in [1.165, 1.54) is 0 Å². The summed E-state index contributed by atoms with van der Waals surface area (Å²) in [5.41, 5.74) is 3.83. The lowest BCUT2D eigenvalue weighted by Gasteiger charge is -2.06. The standard InChI is InChI=1S/C17H12Cl3N3/c18-10-1-4-12(5-2-10)23-17-13(7-8-21-17)16(22-23)14-9-11(19)3-6-15(14)20/h1-6,9,21H,7-8H2. The van der Waals surface area contributed by atoms with E-state index in [4.69, 9.17) is 39.9 Å². The van der Waals surface area contributed by atoms with Gasteiger partial charge < -0.3 is 5.32 Å². The summed E-state index contributed by atoms with van der Waals surface area (Å²) in [5.74, 6) is 0.998. The zero-order valence-corrected chi connectivity index (χ0v) is 14.3. The van der Waals surface area contributed by atoms with E-state index in [1.54, 1.807) is 12.1 Å². The van der Waals surface area contributed by atoms with E-state index in [9.17, 15) is 0 Å². The first-order valence-electron chi connectivity index (χ1n) is 7.20. The second kappa shape index (κ2) is 5.75. The zero-order chi connectivity index (χ0) is 16.0. The lowest BCUT2D eigenvalue weighted by molar-refractivity contribution is 0.882. The first kappa shape index (κ1) is 14.9. The lowest BCUT2D eigenvalue weighted by atomic mass is 10.1. The molecule has 1 aliphatic rings. The number of anilines is 1. The maximum absolute atomic E-state index is 6.36. The van der Waals surface area contributed by atoms with Crippen molar-refractivity contribution in [1.82, 2.24) is 9.78 Å². The smallest absolute Gasteiger partial charge is 0.133 e. The van der Waals surface area contributed by atoms with Gasteiger partial charge in [0.25, 0.3) is 0 Å². The number of hydrogen-bond donors (Lipinski definition) is 1. The van der Waals surface area contributed by atoms with E-state index < -0.39 is 0 Å². The molecule has 0 radical (unpaired) electrons. The van der Waals surface area contributed by atoms with Crippen LogP contribution in [0.2, 0.25) is 15.1 Å². The molecule has 0 saturated carbocycles. The van der Waals surface area contributed by atoms with Gasteiger partial charge in [-0.3, -0.25) is 0 Å². The van der Waals surface area contributed by atoms with E-state index in [-0.39, 0.29) is 0 Å². The molecule has 0 amide bonds. The number of nitrogens with zero attached hydrogens (tertiary/aromatic N) is 2. The Hall–Kier alpha value is -1.68. The van der Waals surface area contributed by atoms with Crippen LogP contribution in [0.4, 0.5) is 5.82 Å². The van der Waals surface area contributed by atoms with Gasteiger partial charge >= 0.3 is 0 Å². The van der Waals surface area contributed by atoms with Crippen molar-refractivity contribution in [1.29, 1.82) is 0 Å². The fourth-order valence-electron chi connectivity index (χ4n) is 2.84. The van der Waals surface area contributed by atoms with Crippen molar-refractivity contribution in [3.63, 3.8) is 0 Å². The van der Waals surface area contributed by atoms with Crippen LogP contribution < -0.4 is 5.32 Å². The quantitative estimate of drug-likeness (QED) is 0.653. The van der Waals surface area contributed by atoms with Gasteiger partial charge in [0.15, 0.2) is 0 Å². The molecular formula is C17H12Cl3N3. The SMILES string of the molecule is Clc1ccc(-n2nc(-c3cc(Cl)ccc3Cl)c3c2NCC3)cc1. The van der Waals surface area contributed by atoms with Gasteiger partial charge in [-0.2, -0.15) is 5.10 Å². The van der Waals surface area contributed by atoms with Crippen LogP contribution >= 0.6 is 34.8 Å². The first-order chi connectivity index (χ1) is 11.1. The van der Waals surface area contributed by atoms with Crippen LogP contribution in [0.1, 0.15) is 5.56 Å². The third-order valence-corrected chi connectivity index (χ3v) is 4.72. The molecule has 3 nitrogen and oxygen atoms in total. The number of aromatic nitrogens is 2. The molecular weight excluding hydrogens is 353 g/mol. The lowest BCUT2D eigenvalue weighted by Crippen LogP contribution is -2.04. The molecule has 1 aromatic heterocycles. The highest BCUT2D eigenvalue weighted by Crippen LogP contribution is 2.38. The van der Waals surface area contributed by atoms with Crippen molar-refractivity contribution in [2.75, 3.05) is 11.9 Å². The molecule has 0 bridgehead atoms. The zero-order valence-electron chi connectivity index (χ0n) is 12.0. The van der Waals surface area contributed by atoms with E-state index in [1.807, 2.05) is 35.0 Å². The monoisotopic (exact) mass is 363 g/mol. The topological polar surface area (TPSA) is 29.9 Å². The summed E-state index contributed by atoms with van der Waals surface area (Å²) in [6.07, 6.45) is 0.904. The number of benzene rings is 2. The van der Waals surface area contributed by atoms with E-state index >= 15 is 0 Å². The average Bonchev–Trinajstić information content (AvgIpc) is 3.13. The predicted octanol–water partition coefficient (Wildman–Crippen LogP) is 5.47. The number of hydrogen-bond acceptors (Lipinski definition) is 2. The predicted molar refractivity (Wildman–Crippen MR) is 96.2 cm³/mol. The minimum Gasteiger partial charge on any atom is -0.369 e. The molecule has 23 heavy (non-hydrogen) atoms. The molecule has 0 spiro atoms. The van der Waals surface area contributed by atoms with Gasteiger partial charge in [-0.25, -0.2) is 4.68 Å². The molecule has 116 valence electrons.